The summed E-state index contributed by atoms with van der Waals surface area (Å²) in [6, 6.07) is 0. The maximum atomic E-state index is 5.52. The van der Waals surface area contributed by atoms with Crippen LogP contribution in [0.2, 0.25) is 0 Å². The monoisotopic (exact) mass is 218 g/mol. The van der Waals surface area contributed by atoms with Crippen molar-refractivity contribution >= 4 is 0 Å². The molecule has 0 aliphatic carbocycles. The Kier molecular flexibility index (Phi) is 7.96. The average Bonchev–Trinajstić information content (AvgIpc) is 2.00. The summed E-state index contributed by atoms with van der Waals surface area (Å²) >= 11 is 0. The molecule has 0 aliphatic rings. The molecule has 0 rings (SSSR count). The van der Waals surface area contributed by atoms with E-state index in [9.17, 15) is 0 Å². The zero-order valence-corrected chi connectivity index (χ0v) is 11.0. The van der Waals surface area contributed by atoms with Crippen molar-refractivity contribution in [2.45, 2.75) is 26.1 Å². The Morgan fingerprint density at radius 2 is 1.13 bits per heavy atom. The number of ether oxygens (including phenoxy) is 2. The lowest BCUT2D eigenvalue weighted by Crippen LogP contribution is -2.30. The highest BCUT2D eigenvalue weighted by Gasteiger charge is 2.06. The molecule has 0 aromatic carbocycles. The van der Waals surface area contributed by atoms with Crippen LogP contribution in [0.1, 0.15) is 13.8 Å². The van der Waals surface area contributed by atoms with E-state index in [1.165, 1.54) is 0 Å². The lowest BCUT2D eigenvalue weighted by Gasteiger charge is -2.21. The van der Waals surface area contributed by atoms with Gasteiger partial charge in [-0.25, -0.2) is 0 Å². The van der Waals surface area contributed by atoms with Crippen molar-refractivity contribution in [1.29, 1.82) is 0 Å². The van der Waals surface area contributed by atoms with Gasteiger partial charge in [0.05, 0.1) is 12.2 Å². The van der Waals surface area contributed by atoms with Gasteiger partial charge in [0.1, 0.15) is 6.79 Å². The highest BCUT2D eigenvalue weighted by molar-refractivity contribution is 4.54. The minimum atomic E-state index is 0.214. The molecule has 0 saturated heterocycles. The number of rotatable bonds is 8. The topological polar surface area (TPSA) is 24.9 Å². The Labute approximate surface area is 94.1 Å². The largest absolute Gasteiger partial charge is 0.351 e. The minimum Gasteiger partial charge on any atom is -0.351 e. The van der Waals surface area contributed by atoms with Gasteiger partial charge in [0, 0.05) is 13.1 Å². The third-order valence-electron chi connectivity index (χ3n) is 1.95. The zero-order chi connectivity index (χ0) is 11.8. The second kappa shape index (κ2) is 8.05. The molecule has 0 N–H and O–H groups in total. The SMILES string of the molecule is CC(CN(C)C)OCOC(C)CN(C)C. The molecule has 0 fully saturated rings. The fraction of sp³-hybridized carbons (Fsp3) is 1.00. The molecule has 2 unspecified atom stereocenters. The van der Waals surface area contributed by atoms with Gasteiger partial charge in [-0.15, -0.1) is 0 Å². The van der Waals surface area contributed by atoms with Crippen molar-refractivity contribution in [3.05, 3.63) is 0 Å². The van der Waals surface area contributed by atoms with Crippen molar-refractivity contribution < 1.29 is 9.47 Å². The van der Waals surface area contributed by atoms with Crippen LogP contribution in [0.25, 0.3) is 0 Å². The van der Waals surface area contributed by atoms with Gasteiger partial charge in [0.15, 0.2) is 0 Å². The van der Waals surface area contributed by atoms with Crippen LogP contribution >= 0.6 is 0 Å². The molecule has 0 radical (unpaired) electrons. The Morgan fingerprint density at radius 1 is 0.800 bits per heavy atom. The van der Waals surface area contributed by atoms with Crippen molar-refractivity contribution in [3.8, 4) is 0 Å². The molecule has 2 atom stereocenters. The summed E-state index contributed by atoms with van der Waals surface area (Å²) in [6.45, 7) is 6.33. The zero-order valence-electron chi connectivity index (χ0n) is 11.0. The molecule has 0 saturated carbocycles. The van der Waals surface area contributed by atoms with Crippen LogP contribution in [0.4, 0.5) is 0 Å². The summed E-state index contributed by atoms with van der Waals surface area (Å²) in [6.07, 6.45) is 0.429. The summed E-state index contributed by atoms with van der Waals surface area (Å²) < 4.78 is 11.0. The summed E-state index contributed by atoms with van der Waals surface area (Å²) in [7, 11) is 8.15. The maximum Gasteiger partial charge on any atom is 0.147 e. The molecule has 0 aliphatic heterocycles. The highest BCUT2D eigenvalue weighted by Crippen LogP contribution is 1.97. The van der Waals surface area contributed by atoms with Crippen LogP contribution in [0.15, 0.2) is 0 Å². The molecule has 0 heterocycles. The van der Waals surface area contributed by atoms with Gasteiger partial charge in [0.25, 0.3) is 0 Å². The van der Waals surface area contributed by atoms with E-state index in [-0.39, 0.29) is 12.2 Å². The van der Waals surface area contributed by atoms with Gasteiger partial charge < -0.3 is 19.3 Å². The Hall–Kier alpha value is -0.160. The molecule has 92 valence electrons. The molecule has 15 heavy (non-hydrogen) atoms. The first-order valence-corrected chi connectivity index (χ1v) is 5.44. The van der Waals surface area contributed by atoms with Gasteiger partial charge in [-0.1, -0.05) is 0 Å². The predicted molar refractivity (Wildman–Crippen MR) is 63.1 cm³/mol. The molecule has 4 heteroatoms. The molecule has 0 aromatic heterocycles. The van der Waals surface area contributed by atoms with Gasteiger partial charge in [-0.3, -0.25) is 0 Å². The normalized spacial score (nSPS) is 16.0. The molecule has 0 amide bonds. The lowest BCUT2D eigenvalue weighted by atomic mass is 10.4. The smallest absolute Gasteiger partial charge is 0.147 e. The molecular weight excluding hydrogens is 192 g/mol. The minimum absolute atomic E-state index is 0.214. The summed E-state index contributed by atoms with van der Waals surface area (Å²) in [5.74, 6) is 0. The molecule has 0 bridgehead atoms. The third kappa shape index (κ3) is 10.1. The Bertz CT molecular complexity index is 136. The van der Waals surface area contributed by atoms with E-state index in [4.69, 9.17) is 9.47 Å². The number of likely N-dealkylation sites (N-methyl/N-ethyl adjacent to an activating group) is 2. The molecular formula is C11H26N2O2. The van der Waals surface area contributed by atoms with Crippen molar-refractivity contribution in [1.82, 2.24) is 9.80 Å². The lowest BCUT2D eigenvalue weighted by molar-refractivity contribution is -0.115. The van der Waals surface area contributed by atoms with E-state index < -0.39 is 0 Å². The van der Waals surface area contributed by atoms with E-state index in [2.05, 4.69) is 23.6 Å². The van der Waals surface area contributed by atoms with Gasteiger partial charge >= 0.3 is 0 Å². The third-order valence-corrected chi connectivity index (χ3v) is 1.95. The van der Waals surface area contributed by atoms with E-state index in [0.29, 0.717) is 6.79 Å². The van der Waals surface area contributed by atoms with Gasteiger partial charge in [-0.05, 0) is 42.0 Å². The second-order valence-electron chi connectivity index (χ2n) is 4.60. The molecule has 0 aromatic rings. The first kappa shape index (κ1) is 14.8. The van der Waals surface area contributed by atoms with Gasteiger partial charge in [0.2, 0.25) is 0 Å². The van der Waals surface area contributed by atoms with Crippen molar-refractivity contribution in [3.63, 3.8) is 0 Å². The molecule has 0 spiro atoms. The summed E-state index contributed by atoms with van der Waals surface area (Å²) in [5, 5.41) is 0. The fourth-order valence-electron chi connectivity index (χ4n) is 1.41. The quantitative estimate of drug-likeness (QED) is 0.565. The van der Waals surface area contributed by atoms with E-state index in [0.717, 1.165) is 13.1 Å². The van der Waals surface area contributed by atoms with Crippen LogP contribution < -0.4 is 0 Å². The maximum absolute atomic E-state index is 5.52. The Balaban J connectivity index is 3.44. The van der Waals surface area contributed by atoms with Crippen molar-refractivity contribution in [2.75, 3.05) is 48.1 Å². The number of nitrogens with zero attached hydrogens (tertiary/aromatic N) is 2. The van der Waals surface area contributed by atoms with Gasteiger partial charge in [-0.2, -0.15) is 0 Å². The summed E-state index contributed by atoms with van der Waals surface area (Å²) in [4.78, 5) is 4.21. The van der Waals surface area contributed by atoms with Crippen LogP contribution in [0.3, 0.4) is 0 Å². The van der Waals surface area contributed by atoms with Crippen LogP contribution in [0, 0.1) is 0 Å². The first-order chi connectivity index (χ1) is 6.91. The predicted octanol–water partition coefficient (Wildman–Crippen LogP) is 0.877. The van der Waals surface area contributed by atoms with E-state index in [1.54, 1.807) is 0 Å². The molecule has 4 nitrogen and oxygen atoms in total. The number of hydrogen-bond acceptors (Lipinski definition) is 4. The van der Waals surface area contributed by atoms with Crippen LogP contribution in [-0.4, -0.2) is 70.1 Å². The fourth-order valence-corrected chi connectivity index (χ4v) is 1.41. The Morgan fingerprint density at radius 3 is 1.40 bits per heavy atom. The second-order valence-corrected chi connectivity index (χ2v) is 4.60. The average molecular weight is 218 g/mol. The van der Waals surface area contributed by atoms with Crippen LogP contribution in [-0.2, 0) is 9.47 Å². The number of hydrogen-bond donors (Lipinski definition) is 0. The van der Waals surface area contributed by atoms with Crippen molar-refractivity contribution in [2.24, 2.45) is 0 Å². The highest BCUT2D eigenvalue weighted by atomic mass is 16.7. The van der Waals surface area contributed by atoms with Crippen LogP contribution in [0.5, 0.6) is 0 Å². The standard InChI is InChI=1S/C11H26N2O2/c1-10(7-12(3)4)14-9-15-11(2)8-13(5)6/h10-11H,7-9H2,1-6H3. The van der Waals surface area contributed by atoms with E-state index in [1.807, 2.05) is 28.2 Å². The first-order valence-electron chi connectivity index (χ1n) is 5.44. The van der Waals surface area contributed by atoms with E-state index >= 15 is 0 Å². The summed E-state index contributed by atoms with van der Waals surface area (Å²) in [5.41, 5.74) is 0.